The van der Waals surface area contributed by atoms with Gasteiger partial charge in [-0.1, -0.05) is 68.3 Å². The second kappa shape index (κ2) is 13.6. The molecule has 0 saturated heterocycles. The predicted octanol–water partition coefficient (Wildman–Crippen LogP) is 4.58. The fourth-order valence-electron chi connectivity index (χ4n) is 3.76. The molecule has 36 heavy (non-hydrogen) atoms. The topological polar surface area (TPSA) is 108 Å². The first kappa shape index (κ1) is 28.8. The number of aliphatic hydroxyl groups is 1. The van der Waals surface area contributed by atoms with Crippen molar-refractivity contribution < 1.29 is 24.2 Å². The Kier molecular flexibility index (Phi) is 10.9. The molecule has 0 spiro atoms. The number of rotatable bonds is 11. The van der Waals surface area contributed by atoms with Gasteiger partial charge in [-0.25, -0.2) is 4.79 Å². The monoisotopic (exact) mass is 497 g/mol. The van der Waals surface area contributed by atoms with E-state index in [1.165, 1.54) is 4.90 Å². The molecule has 3 N–H and O–H groups in total. The number of para-hydroxylation sites is 1. The molecule has 0 saturated carbocycles. The highest BCUT2D eigenvalue weighted by molar-refractivity contribution is 5.99. The van der Waals surface area contributed by atoms with Crippen LogP contribution in [0.4, 0.5) is 10.5 Å². The highest BCUT2D eigenvalue weighted by Crippen LogP contribution is 2.26. The minimum Gasteiger partial charge on any atom is -0.444 e. The third kappa shape index (κ3) is 8.68. The summed E-state index contributed by atoms with van der Waals surface area (Å²) < 4.78 is 5.27. The predicted molar refractivity (Wildman–Crippen MR) is 140 cm³/mol. The molecule has 8 heteroatoms. The van der Waals surface area contributed by atoms with Gasteiger partial charge in [-0.3, -0.25) is 9.59 Å². The Balaban J connectivity index is 2.43. The van der Waals surface area contributed by atoms with Gasteiger partial charge < -0.3 is 25.4 Å². The van der Waals surface area contributed by atoms with Crippen molar-refractivity contribution in [2.45, 2.75) is 71.6 Å². The Morgan fingerprint density at radius 3 is 2.22 bits per heavy atom. The first-order valence-electron chi connectivity index (χ1n) is 12.4. The Hall–Kier alpha value is -3.39. The molecule has 0 aliphatic heterocycles. The molecule has 0 heterocycles. The van der Waals surface area contributed by atoms with E-state index in [-0.39, 0.29) is 12.5 Å². The number of carbonyl (C=O) groups is 3. The molecule has 8 nitrogen and oxygen atoms in total. The molecule has 3 amide bonds. The number of hydrogen-bond donors (Lipinski definition) is 3. The van der Waals surface area contributed by atoms with Gasteiger partial charge >= 0.3 is 6.09 Å². The van der Waals surface area contributed by atoms with Crippen molar-refractivity contribution in [3.05, 3.63) is 65.7 Å². The Morgan fingerprint density at radius 1 is 1.00 bits per heavy atom. The van der Waals surface area contributed by atoms with Gasteiger partial charge in [0.1, 0.15) is 17.7 Å². The van der Waals surface area contributed by atoms with Crippen molar-refractivity contribution in [2.24, 2.45) is 0 Å². The van der Waals surface area contributed by atoms with E-state index >= 15 is 0 Å². The first-order valence-corrected chi connectivity index (χ1v) is 12.4. The summed E-state index contributed by atoms with van der Waals surface area (Å²) in [4.78, 5) is 41.2. The number of ether oxygens (including phenoxy) is 1. The van der Waals surface area contributed by atoms with Gasteiger partial charge in [0.25, 0.3) is 5.91 Å². The summed E-state index contributed by atoms with van der Waals surface area (Å²) in [5, 5.41) is 15.4. The fraction of sp³-hybridized carbons (Fsp3) is 0.464. The maximum Gasteiger partial charge on any atom is 0.408 e. The van der Waals surface area contributed by atoms with Crippen LogP contribution >= 0.6 is 0 Å². The van der Waals surface area contributed by atoms with Crippen molar-refractivity contribution in [3.63, 3.8) is 0 Å². The molecule has 0 aliphatic rings. The van der Waals surface area contributed by atoms with Crippen molar-refractivity contribution in [3.8, 4) is 0 Å². The lowest BCUT2D eigenvalue weighted by Crippen LogP contribution is -2.54. The normalized spacial score (nSPS) is 12.8. The van der Waals surface area contributed by atoms with E-state index in [9.17, 15) is 19.5 Å². The number of nitrogens with zero attached hydrogens (tertiary/aromatic N) is 1. The SMILES string of the molecule is CCCCCN(C(=O)C(CO)NC(=O)OC(C)(C)C)C(C(=O)Nc1ccccc1C)c1ccccc1. The molecule has 196 valence electrons. The van der Waals surface area contributed by atoms with E-state index in [4.69, 9.17) is 4.74 Å². The molecule has 0 radical (unpaired) electrons. The maximum atomic E-state index is 13.7. The van der Waals surface area contributed by atoms with Gasteiger partial charge in [-0.05, 0) is 51.3 Å². The summed E-state index contributed by atoms with van der Waals surface area (Å²) in [6, 6.07) is 14.2. The minimum absolute atomic E-state index is 0.278. The van der Waals surface area contributed by atoms with Crippen molar-refractivity contribution in [1.82, 2.24) is 10.2 Å². The lowest BCUT2D eigenvalue weighted by atomic mass is 10.0. The number of anilines is 1. The molecule has 2 unspecified atom stereocenters. The van der Waals surface area contributed by atoms with Crippen LogP contribution in [0.25, 0.3) is 0 Å². The number of hydrogen-bond acceptors (Lipinski definition) is 5. The van der Waals surface area contributed by atoms with Crippen molar-refractivity contribution in [1.29, 1.82) is 0 Å². The fourth-order valence-corrected chi connectivity index (χ4v) is 3.76. The van der Waals surface area contributed by atoms with Crippen LogP contribution in [0.3, 0.4) is 0 Å². The maximum absolute atomic E-state index is 13.7. The Labute approximate surface area is 214 Å². The van der Waals surface area contributed by atoms with E-state index < -0.39 is 36.3 Å². The zero-order valence-corrected chi connectivity index (χ0v) is 21.9. The molecule has 2 aromatic rings. The van der Waals surface area contributed by atoms with E-state index in [0.717, 1.165) is 18.4 Å². The van der Waals surface area contributed by atoms with E-state index in [2.05, 4.69) is 10.6 Å². The van der Waals surface area contributed by atoms with Gasteiger partial charge in [0.2, 0.25) is 5.91 Å². The molecule has 2 rings (SSSR count). The lowest BCUT2D eigenvalue weighted by Gasteiger charge is -2.34. The highest BCUT2D eigenvalue weighted by atomic mass is 16.6. The third-order valence-corrected chi connectivity index (χ3v) is 5.54. The standard InChI is InChI=1S/C28H39N3O5/c1-6-7-13-18-31(26(34)23(19-32)30-27(35)36-28(3,4)5)24(21-15-9-8-10-16-21)25(33)29-22-17-12-11-14-20(22)2/h8-12,14-17,23-24,32H,6-7,13,18-19H2,1-5H3,(H,29,33)(H,30,35). The quantitative estimate of drug-likeness (QED) is 0.394. The molecule has 0 aromatic heterocycles. The minimum atomic E-state index is -1.26. The van der Waals surface area contributed by atoms with Gasteiger partial charge in [0, 0.05) is 12.2 Å². The van der Waals surface area contributed by atoms with E-state index in [1.807, 2.05) is 38.1 Å². The van der Waals surface area contributed by atoms with Crippen LogP contribution in [0.1, 0.15) is 64.1 Å². The summed E-state index contributed by atoms with van der Waals surface area (Å²) in [5.74, 6) is -0.942. The number of nitrogens with one attached hydrogen (secondary N) is 2. The van der Waals surface area contributed by atoms with Gasteiger partial charge in [0.05, 0.1) is 6.61 Å². The van der Waals surface area contributed by atoms with Crippen LogP contribution in [0.2, 0.25) is 0 Å². The number of amides is 3. The van der Waals surface area contributed by atoms with Gasteiger partial charge in [-0.2, -0.15) is 0 Å². The van der Waals surface area contributed by atoms with E-state index in [0.29, 0.717) is 17.7 Å². The average molecular weight is 498 g/mol. The molecule has 2 atom stereocenters. The second-order valence-corrected chi connectivity index (χ2v) is 9.74. The van der Waals surface area contributed by atoms with Crippen LogP contribution in [0.15, 0.2) is 54.6 Å². The number of aryl methyl sites for hydroxylation is 1. The molecule has 2 aromatic carbocycles. The van der Waals surface area contributed by atoms with Crippen LogP contribution in [0.5, 0.6) is 0 Å². The number of benzene rings is 2. The Bertz CT molecular complexity index is 1000. The number of alkyl carbamates (subject to hydrolysis) is 1. The molecular formula is C28H39N3O5. The Morgan fingerprint density at radius 2 is 1.64 bits per heavy atom. The zero-order chi connectivity index (χ0) is 26.7. The molecule has 0 fully saturated rings. The summed E-state index contributed by atoms with van der Waals surface area (Å²) in [7, 11) is 0. The van der Waals surface area contributed by atoms with Gasteiger partial charge in [-0.15, -0.1) is 0 Å². The van der Waals surface area contributed by atoms with Crippen molar-refractivity contribution >= 4 is 23.6 Å². The van der Waals surface area contributed by atoms with Crippen molar-refractivity contribution in [2.75, 3.05) is 18.5 Å². The highest BCUT2D eigenvalue weighted by Gasteiger charge is 2.36. The smallest absolute Gasteiger partial charge is 0.408 e. The molecule has 0 aliphatic carbocycles. The summed E-state index contributed by atoms with van der Waals surface area (Å²) in [6.07, 6.45) is 1.62. The number of aliphatic hydroxyl groups excluding tert-OH is 1. The van der Waals surface area contributed by atoms with Gasteiger partial charge in [0.15, 0.2) is 0 Å². The molecular weight excluding hydrogens is 458 g/mol. The van der Waals surface area contributed by atoms with Crippen LogP contribution < -0.4 is 10.6 Å². The van der Waals surface area contributed by atoms with Crippen LogP contribution in [0, 0.1) is 6.92 Å². The summed E-state index contributed by atoms with van der Waals surface area (Å²) in [5.41, 5.74) is 1.40. The largest absolute Gasteiger partial charge is 0.444 e. The average Bonchev–Trinajstić information content (AvgIpc) is 2.82. The first-order chi connectivity index (χ1) is 17.1. The zero-order valence-electron chi connectivity index (χ0n) is 21.9. The third-order valence-electron chi connectivity index (χ3n) is 5.54. The number of unbranched alkanes of at least 4 members (excludes halogenated alkanes) is 2. The second-order valence-electron chi connectivity index (χ2n) is 9.74. The van der Waals surface area contributed by atoms with E-state index in [1.54, 1.807) is 51.1 Å². The molecule has 0 bridgehead atoms. The van der Waals surface area contributed by atoms with Crippen LogP contribution in [-0.4, -0.2) is 52.7 Å². The lowest BCUT2D eigenvalue weighted by molar-refractivity contribution is -0.141. The number of carbonyl (C=O) groups excluding carboxylic acids is 3. The summed E-state index contributed by atoms with van der Waals surface area (Å²) in [6.45, 7) is 8.71. The summed E-state index contributed by atoms with van der Waals surface area (Å²) >= 11 is 0. The van der Waals surface area contributed by atoms with Crippen LogP contribution in [-0.2, 0) is 14.3 Å².